The van der Waals surface area contributed by atoms with E-state index in [1.807, 2.05) is 11.3 Å². The van der Waals surface area contributed by atoms with E-state index in [9.17, 15) is 0 Å². The first-order valence-corrected chi connectivity index (χ1v) is 7.84. The molecule has 0 amide bonds. The standard InChI is InChI=1S/C15H18BrNS/c1-3-17-14(10-13-8-9-15(16)18-13)12-6-4-11(2)5-7-12/h4-9,14,17H,3,10H2,1-2H3. The minimum Gasteiger partial charge on any atom is -0.310 e. The Hall–Kier alpha value is -0.640. The van der Waals surface area contributed by atoms with E-state index in [4.69, 9.17) is 0 Å². The van der Waals surface area contributed by atoms with Crippen LogP contribution < -0.4 is 5.32 Å². The van der Waals surface area contributed by atoms with Gasteiger partial charge >= 0.3 is 0 Å². The number of hydrogen-bond acceptors (Lipinski definition) is 2. The van der Waals surface area contributed by atoms with Crippen molar-refractivity contribution < 1.29 is 0 Å². The molecule has 1 aromatic heterocycles. The van der Waals surface area contributed by atoms with Crippen LogP contribution >= 0.6 is 27.3 Å². The van der Waals surface area contributed by atoms with Gasteiger partial charge in [-0.1, -0.05) is 36.8 Å². The number of benzene rings is 1. The molecule has 96 valence electrons. The number of hydrogen-bond donors (Lipinski definition) is 1. The van der Waals surface area contributed by atoms with Crippen LogP contribution in [-0.2, 0) is 6.42 Å². The zero-order chi connectivity index (χ0) is 13.0. The van der Waals surface area contributed by atoms with Crippen molar-refractivity contribution in [3.63, 3.8) is 0 Å². The Bertz CT molecular complexity index is 489. The summed E-state index contributed by atoms with van der Waals surface area (Å²) in [7, 11) is 0. The third-order valence-electron chi connectivity index (χ3n) is 2.96. The van der Waals surface area contributed by atoms with Crippen molar-refractivity contribution in [2.75, 3.05) is 6.54 Å². The second-order valence-corrected chi connectivity index (χ2v) is 6.98. The molecule has 0 aliphatic rings. The van der Waals surface area contributed by atoms with Gasteiger partial charge in [0.25, 0.3) is 0 Å². The minimum atomic E-state index is 0.404. The van der Waals surface area contributed by atoms with Gasteiger partial charge in [-0.05, 0) is 47.1 Å². The van der Waals surface area contributed by atoms with Crippen LogP contribution in [0.3, 0.4) is 0 Å². The number of nitrogens with one attached hydrogen (secondary N) is 1. The number of thiophene rings is 1. The fraction of sp³-hybridized carbons (Fsp3) is 0.333. The highest BCUT2D eigenvalue weighted by atomic mass is 79.9. The van der Waals surface area contributed by atoms with E-state index in [1.54, 1.807) is 0 Å². The molecule has 0 aliphatic carbocycles. The Morgan fingerprint density at radius 1 is 1.17 bits per heavy atom. The molecule has 2 rings (SSSR count). The van der Waals surface area contributed by atoms with Crippen LogP contribution in [0.5, 0.6) is 0 Å². The van der Waals surface area contributed by atoms with Crippen molar-refractivity contribution in [1.29, 1.82) is 0 Å². The van der Waals surface area contributed by atoms with Crippen LogP contribution in [0.2, 0.25) is 0 Å². The lowest BCUT2D eigenvalue weighted by Gasteiger charge is -2.17. The zero-order valence-corrected chi connectivity index (χ0v) is 13.1. The molecule has 0 saturated carbocycles. The average molecular weight is 324 g/mol. The highest BCUT2D eigenvalue weighted by Crippen LogP contribution is 2.27. The second-order valence-electron chi connectivity index (χ2n) is 4.43. The summed E-state index contributed by atoms with van der Waals surface area (Å²) in [4.78, 5) is 1.41. The first kappa shape index (κ1) is 13.8. The van der Waals surface area contributed by atoms with Gasteiger partial charge in [0.2, 0.25) is 0 Å². The molecule has 1 atom stereocenters. The summed E-state index contributed by atoms with van der Waals surface area (Å²) in [6.45, 7) is 5.28. The predicted molar refractivity (Wildman–Crippen MR) is 83.3 cm³/mol. The lowest BCUT2D eigenvalue weighted by Crippen LogP contribution is -2.22. The van der Waals surface area contributed by atoms with Gasteiger partial charge in [0.1, 0.15) is 0 Å². The van der Waals surface area contributed by atoms with Crippen molar-refractivity contribution in [3.8, 4) is 0 Å². The molecule has 1 aromatic carbocycles. The van der Waals surface area contributed by atoms with Gasteiger partial charge < -0.3 is 5.32 Å². The first-order chi connectivity index (χ1) is 8.69. The molecule has 3 heteroatoms. The number of rotatable bonds is 5. The summed E-state index contributed by atoms with van der Waals surface area (Å²) in [6, 6.07) is 13.6. The maximum atomic E-state index is 3.57. The predicted octanol–water partition coefficient (Wildman–Crippen LogP) is 4.71. The van der Waals surface area contributed by atoms with E-state index in [0.29, 0.717) is 6.04 Å². The lowest BCUT2D eigenvalue weighted by molar-refractivity contribution is 0.553. The van der Waals surface area contributed by atoms with Crippen molar-refractivity contribution in [1.82, 2.24) is 5.32 Å². The highest BCUT2D eigenvalue weighted by molar-refractivity contribution is 9.11. The Kier molecular flexibility index (Phi) is 4.98. The summed E-state index contributed by atoms with van der Waals surface area (Å²) in [6.07, 6.45) is 1.05. The van der Waals surface area contributed by atoms with E-state index in [0.717, 1.165) is 13.0 Å². The smallest absolute Gasteiger partial charge is 0.0701 e. The maximum absolute atomic E-state index is 3.57. The SMILES string of the molecule is CCNC(Cc1ccc(Br)s1)c1ccc(C)cc1. The molecule has 1 unspecified atom stereocenters. The summed E-state index contributed by atoms with van der Waals surface area (Å²) < 4.78 is 1.21. The Morgan fingerprint density at radius 2 is 1.89 bits per heavy atom. The maximum Gasteiger partial charge on any atom is 0.0701 e. The molecule has 0 bridgehead atoms. The molecule has 0 spiro atoms. The topological polar surface area (TPSA) is 12.0 Å². The van der Waals surface area contributed by atoms with Gasteiger partial charge in [0.05, 0.1) is 3.79 Å². The van der Waals surface area contributed by atoms with Crippen LogP contribution in [0.25, 0.3) is 0 Å². The molecule has 0 aliphatic heterocycles. The van der Waals surface area contributed by atoms with E-state index in [2.05, 4.69) is 71.5 Å². The van der Waals surface area contributed by atoms with Gasteiger partial charge in [0.15, 0.2) is 0 Å². The van der Waals surface area contributed by atoms with Crippen LogP contribution in [-0.4, -0.2) is 6.54 Å². The second kappa shape index (κ2) is 6.50. The summed E-state index contributed by atoms with van der Waals surface area (Å²) in [5, 5.41) is 3.57. The summed E-state index contributed by atoms with van der Waals surface area (Å²) >= 11 is 5.34. The molecular weight excluding hydrogens is 306 g/mol. The number of aryl methyl sites for hydroxylation is 1. The van der Waals surface area contributed by atoms with Crippen LogP contribution in [0.4, 0.5) is 0 Å². The van der Waals surface area contributed by atoms with Crippen LogP contribution in [0, 0.1) is 6.92 Å². The normalized spacial score (nSPS) is 12.6. The quantitative estimate of drug-likeness (QED) is 0.840. The van der Waals surface area contributed by atoms with Crippen LogP contribution in [0.1, 0.15) is 29.0 Å². The van der Waals surface area contributed by atoms with Gasteiger partial charge in [-0.2, -0.15) is 0 Å². The zero-order valence-electron chi connectivity index (χ0n) is 10.7. The minimum absolute atomic E-state index is 0.404. The molecule has 0 fully saturated rings. The molecule has 1 N–H and O–H groups in total. The van der Waals surface area contributed by atoms with Crippen molar-refractivity contribution in [2.24, 2.45) is 0 Å². The lowest BCUT2D eigenvalue weighted by atomic mass is 10.0. The third kappa shape index (κ3) is 3.67. The van der Waals surface area contributed by atoms with Crippen molar-refractivity contribution >= 4 is 27.3 Å². The Morgan fingerprint density at radius 3 is 2.44 bits per heavy atom. The van der Waals surface area contributed by atoms with Gasteiger partial charge in [-0.25, -0.2) is 0 Å². The summed E-state index contributed by atoms with van der Waals surface area (Å²) in [5.74, 6) is 0. The Balaban J connectivity index is 2.14. The number of halogens is 1. The molecular formula is C15H18BrNS. The largest absolute Gasteiger partial charge is 0.310 e. The molecule has 1 nitrogen and oxygen atoms in total. The van der Waals surface area contributed by atoms with Gasteiger partial charge in [0, 0.05) is 17.3 Å². The van der Waals surface area contributed by atoms with E-state index in [-0.39, 0.29) is 0 Å². The van der Waals surface area contributed by atoms with Crippen molar-refractivity contribution in [3.05, 3.63) is 56.2 Å². The fourth-order valence-corrected chi connectivity index (χ4v) is 3.54. The van der Waals surface area contributed by atoms with Crippen LogP contribution in [0.15, 0.2) is 40.2 Å². The molecule has 0 radical (unpaired) electrons. The molecule has 18 heavy (non-hydrogen) atoms. The fourth-order valence-electron chi connectivity index (χ4n) is 2.02. The Labute approximate surface area is 121 Å². The third-order valence-corrected chi connectivity index (χ3v) is 4.61. The van der Waals surface area contributed by atoms with E-state index >= 15 is 0 Å². The monoisotopic (exact) mass is 323 g/mol. The molecule has 0 saturated heterocycles. The van der Waals surface area contributed by atoms with Crippen molar-refractivity contribution in [2.45, 2.75) is 26.3 Å². The van der Waals surface area contributed by atoms with Gasteiger partial charge in [-0.15, -0.1) is 11.3 Å². The van der Waals surface area contributed by atoms with E-state index in [1.165, 1.54) is 19.8 Å². The van der Waals surface area contributed by atoms with E-state index < -0.39 is 0 Å². The number of likely N-dealkylation sites (N-methyl/N-ethyl adjacent to an activating group) is 1. The average Bonchev–Trinajstić information content (AvgIpc) is 2.75. The molecule has 2 aromatic rings. The summed E-state index contributed by atoms with van der Waals surface area (Å²) in [5.41, 5.74) is 2.68. The molecule has 1 heterocycles. The highest BCUT2D eigenvalue weighted by Gasteiger charge is 2.12. The first-order valence-electron chi connectivity index (χ1n) is 6.23. The van der Waals surface area contributed by atoms with Gasteiger partial charge in [-0.3, -0.25) is 0 Å².